The second-order valence-electron chi connectivity index (χ2n) is 7.41. The topological polar surface area (TPSA) is 68.3 Å². The van der Waals surface area contributed by atoms with Gasteiger partial charge in [-0.05, 0) is 51.1 Å². The maximum absolute atomic E-state index is 13.0. The van der Waals surface area contributed by atoms with Crippen LogP contribution in [0.25, 0.3) is 0 Å². The van der Waals surface area contributed by atoms with Gasteiger partial charge in [0.25, 0.3) is 0 Å². The Hall–Kier alpha value is -1.93. The van der Waals surface area contributed by atoms with Crippen molar-refractivity contribution in [2.75, 3.05) is 51.8 Å². The summed E-state index contributed by atoms with van der Waals surface area (Å²) in [5, 5.41) is 0. The number of nitrogens with zero attached hydrogens (tertiary/aromatic N) is 2. The van der Waals surface area contributed by atoms with E-state index in [9.17, 15) is 9.59 Å². The first-order valence-electron chi connectivity index (χ1n) is 10.8. The molecular formula is C22H32N2O5S. The highest BCUT2D eigenvalue weighted by atomic mass is 32.2. The van der Waals surface area contributed by atoms with E-state index in [0.29, 0.717) is 44.7 Å². The first kappa shape index (κ1) is 22.7. The summed E-state index contributed by atoms with van der Waals surface area (Å²) in [6.07, 6.45) is 2.48. The summed E-state index contributed by atoms with van der Waals surface area (Å²) >= 11 is 1.48. The Kier molecular flexibility index (Phi) is 8.69. The van der Waals surface area contributed by atoms with Crippen LogP contribution < -0.4 is 9.47 Å². The van der Waals surface area contributed by atoms with Crippen LogP contribution in [0.2, 0.25) is 0 Å². The van der Waals surface area contributed by atoms with E-state index in [1.165, 1.54) is 11.8 Å². The van der Waals surface area contributed by atoms with Crippen molar-refractivity contribution in [3.63, 3.8) is 0 Å². The zero-order chi connectivity index (χ0) is 21.3. The number of rotatable bonds is 10. The third-order valence-electron chi connectivity index (χ3n) is 5.46. The Morgan fingerprint density at radius 2 is 2.03 bits per heavy atom. The molecule has 0 unspecified atom stereocenters. The van der Waals surface area contributed by atoms with Crippen molar-refractivity contribution in [3.05, 3.63) is 18.2 Å². The van der Waals surface area contributed by atoms with Crippen molar-refractivity contribution >= 4 is 23.6 Å². The minimum absolute atomic E-state index is 0.0436. The third-order valence-corrected chi connectivity index (χ3v) is 6.43. The maximum Gasteiger partial charge on any atom is 0.307 e. The van der Waals surface area contributed by atoms with Gasteiger partial charge in [-0.15, -0.1) is 11.8 Å². The first-order chi connectivity index (χ1) is 14.6. The van der Waals surface area contributed by atoms with Crippen LogP contribution in [0.4, 0.5) is 0 Å². The van der Waals surface area contributed by atoms with Crippen molar-refractivity contribution < 1.29 is 23.8 Å². The molecule has 0 spiro atoms. The normalized spacial score (nSPS) is 18.3. The Morgan fingerprint density at radius 3 is 2.80 bits per heavy atom. The number of amides is 1. The van der Waals surface area contributed by atoms with E-state index in [-0.39, 0.29) is 18.3 Å². The number of esters is 1. The zero-order valence-corrected chi connectivity index (χ0v) is 18.7. The van der Waals surface area contributed by atoms with Crippen LogP contribution in [-0.4, -0.2) is 79.5 Å². The molecular weight excluding hydrogens is 404 g/mol. The van der Waals surface area contributed by atoms with Gasteiger partial charge in [-0.2, -0.15) is 0 Å². The average molecular weight is 437 g/mol. The molecule has 0 aliphatic carbocycles. The fourth-order valence-corrected chi connectivity index (χ4v) is 4.73. The van der Waals surface area contributed by atoms with Gasteiger partial charge in [0.15, 0.2) is 11.5 Å². The van der Waals surface area contributed by atoms with Crippen LogP contribution in [0.3, 0.4) is 0 Å². The number of carbonyl (C=O) groups excluding carboxylic acids is 2. The minimum atomic E-state index is -0.256. The summed E-state index contributed by atoms with van der Waals surface area (Å²) in [5.41, 5.74) is 0. The van der Waals surface area contributed by atoms with Crippen LogP contribution in [0.5, 0.6) is 11.5 Å². The van der Waals surface area contributed by atoms with Gasteiger partial charge in [0.2, 0.25) is 5.91 Å². The van der Waals surface area contributed by atoms with Crippen molar-refractivity contribution in [2.24, 2.45) is 0 Å². The molecule has 2 aliphatic rings. The summed E-state index contributed by atoms with van der Waals surface area (Å²) in [6.45, 7) is 8.52. The second kappa shape index (κ2) is 11.5. The molecule has 2 aliphatic heterocycles. The van der Waals surface area contributed by atoms with Gasteiger partial charge >= 0.3 is 5.97 Å². The zero-order valence-electron chi connectivity index (χ0n) is 17.9. The van der Waals surface area contributed by atoms with Crippen LogP contribution in [0, 0.1) is 0 Å². The van der Waals surface area contributed by atoms with Gasteiger partial charge in [-0.3, -0.25) is 14.5 Å². The molecule has 30 heavy (non-hydrogen) atoms. The van der Waals surface area contributed by atoms with Crippen LogP contribution >= 0.6 is 11.8 Å². The molecule has 1 atom stereocenters. The quantitative estimate of drug-likeness (QED) is 0.413. The van der Waals surface area contributed by atoms with Gasteiger partial charge in [-0.25, -0.2) is 0 Å². The highest BCUT2D eigenvalue weighted by Crippen LogP contribution is 2.34. The lowest BCUT2D eigenvalue weighted by atomic mass is 10.2. The molecule has 0 N–H and O–H groups in total. The lowest BCUT2D eigenvalue weighted by Gasteiger charge is -2.30. The minimum Gasteiger partial charge on any atom is -0.486 e. The molecule has 1 aromatic carbocycles. The van der Waals surface area contributed by atoms with Crippen LogP contribution in [0.1, 0.15) is 33.1 Å². The van der Waals surface area contributed by atoms with Crippen LogP contribution in [-0.2, 0) is 14.3 Å². The molecule has 166 valence electrons. The number of likely N-dealkylation sites (N-methyl/N-ethyl adjacent to an activating group) is 1. The van der Waals surface area contributed by atoms with Gasteiger partial charge < -0.3 is 19.1 Å². The number of likely N-dealkylation sites (tertiary alicyclic amines) is 1. The summed E-state index contributed by atoms with van der Waals surface area (Å²) in [6, 6.07) is 6.12. The van der Waals surface area contributed by atoms with Crippen molar-refractivity contribution in [1.29, 1.82) is 0 Å². The molecule has 3 rings (SSSR count). The average Bonchev–Trinajstić information content (AvgIpc) is 3.22. The summed E-state index contributed by atoms with van der Waals surface area (Å²) in [5.74, 6) is 1.58. The number of hydrogen-bond acceptors (Lipinski definition) is 7. The van der Waals surface area contributed by atoms with E-state index < -0.39 is 0 Å². The van der Waals surface area contributed by atoms with Gasteiger partial charge in [-0.1, -0.05) is 6.92 Å². The molecule has 1 amide bonds. The summed E-state index contributed by atoms with van der Waals surface area (Å²) in [7, 11) is 0. The molecule has 0 bridgehead atoms. The summed E-state index contributed by atoms with van der Waals surface area (Å²) < 4.78 is 16.2. The Morgan fingerprint density at radius 1 is 1.23 bits per heavy atom. The van der Waals surface area contributed by atoms with E-state index in [1.54, 1.807) is 6.92 Å². The molecule has 1 fully saturated rings. The number of hydrogen-bond donors (Lipinski definition) is 0. The smallest absolute Gasteiger partial charge is 0.307 e. The predicted molar refractivity (Wildman–Crippen MR) is 116 cm³/mol. The molecule has 7 nitrogen and oxygen atoms in total. The number of ether oxygens (including phenoxy) is 3. The number of benzene rings is 1. The first-order valence-corrected chi connectivity index (χ1v) is 11.8. The van der Waals surface area contributed by atoms with Crippen molar-refractivity contribution in [3.8, 4) is 11.5 Å². The number of thioether (sulfide) groups is 1. The monoisotopic (exact) mass is 436 g/mol. The molecule has 1 aromatic rings. The fourth-order valence-electron chi connectivity index (χ4n) is 3.90. The van der Waals surface area contributed by atoms with Crippen molar-refractivity contribution in [2.45, 2.75) is 44.0 Å². The largest absolute Gasteiger partial charge is 0.486 e. The van der Waals surface area contributed by atoms with E-state index in [4.69, 9.17) is 14.2 Å². The van der Waals surface area contributed by atoms with Crippen molar-refractivity contribution in [1.82, 2.24) is 9.80 Å². The maximum atomic E-state index is 13.0. The highest BCUT2D eigenvalue weighted by molar-refractivity contribution is 8.00. The van der Waals surface area contributed by atoms with E-state index in [2.05, 4.69) is 11.8 Å². The van der Waals surface area contributed by atoms with Gasteiger partial charge in [0.05, 0.1) is 18.8 Å². The lowest BCUT2D eigenvalue weighted by molar-refractivity contribution is -0.144. The van der Waals surface area contributed by atoms with Crippen LogP contribution in [0.15, 0.2) is 23.1 Å². The number of fused-ring (bicyclic) bond motifs is 1. The molecule has 2 heterocycles. The number of carbonyl (C=O) groups is 2. The van der Waals surface area contributed by atoms with Gasteiger partial charge in [0, 0.05) is 24.0 Å². The Bertz CT molecular complexity index is 729. The second-order valence-corrected chi connectivity index (χ2v) is 8.46. The predicted octanol–water partition coefficient (Wildman–Crippen LogP) is 2.82. The van der Waals surface area contributed by atoms with E-state index >= 15 is 0 Å². The highest BCUT2D eigenvalue weighted by Gasteiger charge is 2.27. The summed E-state index contributed by atoms with van der Waals surface area (Å²) in [4.78, 5) is 30.1. The SMILES string of the molecule is CCOC(=O)CCN(C[C@@H]1CCCN1CC)C(=O)CSc1ccc2c(c1)OCCO2. The van der Waals surface area contributed by atoms with Gasteiger partial charge in [0.1, 0.15) is 13.2 Å². The molecule has 0 aromatic heterocycles. The van der Waals surface area contributed by atoms with E-state index in [0.717, 1.165) is 42.3 Å². The van der Waals surface area contributed by atoms with E-state index in [1.807, 2.05) is 23.1 Å². The molecule has 1 saturated heterocycles. The molecule has 0 radical (unpaired) electrons. The fraction of sp³-hybridized carbons (Fsp3) is 0.636. The Labute approximate surface area is 183 Å². The third kappa shape index (κ3) is 6.28. The molecule has 0 saturated carbocycles. The Balaban J connectivity index is 1.59. The lowest BCUT2D eigenvalue weighted by Crippen LogP contribution is -2.44. The molecule has 8 heteroatoms. The standard InChI is InChI=1S/C22H32N2O5S/c1-3-23-10-5-6-17(23)15-24(11-9-22(26)27-4-2)21(25)16-30-18-7-8-19-20(14-18)29-13-12-28-19/h7-8,14,17H,3-6,9-13,15-16H2,1-2H3/t17-/m0/s1.